The fourth-order valence-corrected chi connectivity index (χ4v) is 1.59. The van der Waals surface area contributed by atoms with Crippen molar-refractivity contribution in [2.24, 2.45) is 5.92 Å². The molecule has 0 aliphatic carbocycles. The number of benzene rings is 1. The average Bonchev–Trinajstić information content (AvgIpc) is 2.45. The van der Waals surface area contributed by atoms with Crippen molar-refractivity contribution in [3.63, 3.8) is 0 Å². The molecule has 0 fully saturated rings. The number of anilines is 1. The van der Waals surface area contributed by atoms with Crippen LogP contribution in [0.5, 0.6) is 0 Å². The Kier molecular flexibility index (Phi) is 6.39. The molecule has 114 valence electrons. The lowest BCUT2D eigenvalue weighted by atomic mass is 10.1. The van der Waals surface area contributed by atoms with Crippen LogP contribution in [0.4, 0.5) is 5.69 Å². The number of carbonyl (C=O) groups is 3. The monoisotopic (exact) mass is 292 g/mol. The van der Waals surface area contributed by atoms with Gasteiger partial charge in [-0.15, -0.1) is 0 Å². The zero-order chi connectivity index (χ0) is 15.8. The number of carbonyl (C=O) groups excluding carboxylic acids is 3. The molecule has 0 radical (unpaired) electrons. The summed E-state index contributed by atoms with van der Waals surface area (Å²) in [6.45, 7) is 3.52. The molecular formula is C15H18NO5-. The van der Waals surface area contributed by atoms with Gasteiger partial charge in [0.05, 0.1) is 12.2 Å². The van der Waals surface area contributed by atoms with Gasteiger partial charge in [0, 0.05) is 18.1 Å². The summed E-state index contributed by atoms with van der Waals surface area (Å²) in [5, 5.41) is 13.2. The molecule has 0 saturated carbocycles. The van der Waals surface area contributed by atoms with Crippen LogP contribution in [0.25, 0.3) is 0 Å². The Balaban J connectivity index is 2.50. The van der Waals surface area contributed by atoms with Gasteiger partial charge in [-0.05, 0) is 43.5 Å². The normalized spacial score (nSPS) is 11.5. The number of ether oxygens (including phenoxy) is 1. The topological polar surface area (TPSA) is 95.5 Å². The van der Waals surface area contributed by atoms with Crippen molar-refractivity contribution in [1.82, 2.24) is 0 Å². The quantitative estimate of drug-likeness (QED) is 0.755. The molecule has 0 saturated heterocycles. The summed E-state index contributed by atoms with van der Waals surface area (Å²) in [6.07, 6.45) is 0.309. The van der Waals surface area contributed by atoms with Gasteiger partial charge < -0.3 is 20.0 Å². The minimum Gasteiger partial charge on any atom is -0.550 e. The third kappa shape index (κ3) is 5.64. The van der Waals surface area contributed by atoms with Crippen molar-refractivity contribution in [2.75, 3.05) is 11.9 Å². The lowest BCUT2D eigenvalue weighted by Gasteiger charge is -2.12. The highest BCUT2D eigenvalue weighted by Crippen LogP contribution is 2.12. The molecule has 21 heavy (non-hydrogen) atoms. The Labute approximate surface area is 123 Å². The first-order valence-corrected chi connectivity index (χ1v) is 6.72. The Morgan fingerprint density at radius 2 is 1.86 bits per heavy atom. The Morgan fingerprint density at radius 1 is 1.24 bits per heavy atom. The second-order valence-corrected chi connectivity index (χ2v) is 4.60. The predicted octanol–water partition coefficient (Wildman–Crippen LogP) is 0.968. The minimum absolute atomic E-state index is 0.0920. The van der Waals surface area contributed by atoms with E-state index in [0.717, 1.165) is 0 Å². The Morgan fingerprint density at radius 3 is 2.38 bits per heavy atom. The largest absolute Gasteiger partial charge is 0.550 e. The fraction of sp³-hybridized carbons (Fsp3) is 0.400. The van der Waals surface area contributed by atoms with Crippen LogP contribution in [0.2, 0.25) is 0 Å². The van der Waals surface area contributed by atoms with Gasteiger partial charge in [0.25, 0.3) is 0 Å². The summed E-state index contributed by atoms with van der Waals surface area (Å²) >= 11 is 0. The van der Waals surface area contributed by atoms with E-state index in [1.54, 1.807) is 31.2 Å². The van der Waals surface area contributed by atoms with Crippen LogP contribution in [0.15, 0.2) is 24.3 Å². The molecule has 1 rings (SSSR count). The first kappa shape index (κ1) is 16.7. The van der Waals surface area contributed by atoms with Crippen LogP contribution in [-0.2, 0) is 14.3 Å². The standard InChI is InChI=1S/C15H19NO5/c1-3-21-15(20)11-5-7-12(8-6-11)16-13(17)9-4-10(2)14(18)19/h5-8,10H,3-4,9H2,1-2H3,(H,16,17)(H,18,19)/p-1. The molecule has 1 amide bonds. The molecule has 0 aliphatic rings. The Bertz CT molecular complexity index is 509. The van der Waals surface area contributed by atoms with Gasteiger partial charge in [-0.3, -0.25) is 4.79 Å². The number of amides is 1. The zero-order valence-corrected chi connectivity index (χ0v) is 12.0. The molecule has 1 N–H and O–H groups in total. The molecule has 1 aromatic carbocycles. The molecule has 0 aliphatic heterocycles. The highest BCUT2D eigenvalue weighted by Gasteiger charge is 2.09. The average molecular weight is 292 g/mol. The summed E-state index contributed by atoms with van der Waals surface area (Å²) in [5.74, 6) is -2.53. The molecule has 0 heterocycles. The van der Waals surface area contributed by atoms with Crippen molar-refractivity contribution in [3.05, 3.63) is 29.8 Å². The van der Waals surface area contributed by atoms with Crippen LogP contribution in [0.1, 0.15) is 37.0 Å². The van der Waals surface area contributed by atoms with E-state index in [1.165, 1.54) is 6.92 Å². The number of carboxylic acid groups (broad SMARTS) is 1. The third-order valence-corrected chi connectivity index (χ3v) is 2.89. The zero-order valence-electron chi connectivity index (χ0n) is 12.0. The number of aliphatic carboxylic acids is 1. The van der Waals surface area contributed by atoms with Crippen molar-refractivity contribution in [3.8, 4) is 0 Å². The van der Waals surface area contributed by atoms with Gasteiger partial charge in [0.15, 0.2) is 0 Å². The number of nitrogens with one attached hydrogen (secondary N) is 1. The molecule has 1 atom stereocenters. The highest BCUT2D eigenvalue weighted by molar-refractivity contribution is 5.93. The van der Waals surface area contributed by atoms with Crippen LogP contribution in [0, 0.1) is 5.92 Å². The van der Waals surface area contributed by atoms with Gasteiger partial charge in [0.2, 0.25) is 5.91 Å². The van der Waals surface area contributed by atoms with Gasteiger partial charge in [-0.2, -0.15) is 0 Å². The van der Waals surface area contributed by atoms with E-state index < -0.39 is 17.9 Å². The van der Waals surface area contributed by atoms with Crippen molar-refractivity contribution in [2.45, 2.75) is 26.7 Å². The van der Waals surface area contributed by atoms with E-state index in [2.05, 4.69) is 5.32 Å². The molecule has 0 aromatic heterocycles. The summed E-state index contributed by atoms with van der Waals surface area (Å²) in [4.78, 5) is 33.6. The van der Waals surface area contributed by atoms with Crippen LogP contribution < -0.4 is 10.4 Å². The van der Waals surface area contributed by atoms with Gasteiger partial charge in [-0.25, -0.2) is 4.79 Å². The van der Waals surface area contributed by atoms with Crippen LogP contribution >= 0.6 is 0 Å². The smallest absolute Gasteiger partial charge is 0.338 e. The molecular weight excluding hydrogens is 274 g/mol. The Hall–Kier alpha value is -2.37. The summed E-state index contributed by atoms with van der Waals surface area (Å²) < 4.78 is 4.85. The first-order chi connectivity index (χ1) is 9.93. The molecule has 1 aromatic rings. The predicted molar refractivity (Wildman–Crippen MR) is 74.4 cm³/mol. The van der Waals surface area contributed by atoms with Crippen LogP contribution in [-0.4, -0.2) is 24.5 Å². The fourth-order valence-electron chi connectivity index (χ4n) is 1.59. The SMILES string of the molecule is CCOC(=O)c1ccc(NC(=O)CCC(C)C(=O)[O-])cc1. The van der Waals surface area contributed by atoms with E-state index in [9.17, 15) is 19.5 Å². The lowest BCUT2D eigenvalue weighted by Crippen LogP contribution is -2.30. The molecule has 6 heteroatoms. The van der Waals surface area contributed by atoms with Crippen molar-refractivity contribution >= 4 is 23.5 Å². The maximum absolute atomic E-state index is 11.6. The number of hydrogen-bond donors (Lipinski definition) is 1. The van der Waals surface area contributed by atoms with Crippen molar-refractivity contribution < 1.29 is 24.2 Å². The molecule has 0 bridgehead atoms. The molecule has 1 unspecified atom stereocenters. The highest BCUT2D eigenvalue weighted by atomic mass is 16.5. The molecule has 6 nitrogen and oxygen atoms in total. The van der Waals surface area contributed by atoms with Gasteiger partial charge in [0.1, 0.15) is 0 Å². The maximum Gasteiger partial charge on any atom is 0.338 e. The summed E-state index contributed by atoms with van der Waals surface area (Å²) in [5.41, 5.74) is 0.939. The number of rotatable bonds is 7. The second-order valence-electron chi connectivity index (χ2n) is 4.60. The summed E-state index contributed by atoms with van der Waals surface area (Å²) in [6, 6.07) is 6.29. The third-order valence-electron chi connectivity index (χ3n) is 2.89. The van der Waals surface area contributed by atoms with Gasteiger partial charge >= 0.3 is 5.97 Å². The van der Waals surface area contributed by atoms with E-state index in [1.807, 2.05) is 0 Å². The van der Waals surface area contributed by atoms with E-state index in [-0.39, 0.29) is 18.7 Å². The second kappa shape index (κ2) is 8.04. The summed E-state index contributed by atoms with van der Waals surface area (Å²) in [7, 11) is 0. The number of carboxylic acids is 1. The van der Waals surface area contributed by atoms with E-state index in [4.69, 9.17) is 4.74 Å². The minimum atomic E-state index is -1.17. The number of hydrogen-bond acceptors (Lipinski definition) is 5. The van der Waals surface area contributed by atoms with Crippen LogP contribution in [0.3, 0.4) is 0 Å². The number of esters is 1. The first-order valence-electron chi connectivity index (χ1n) is 6.72. The maximum atomic E-state index is 11.6. The van der Waals surface area contributed by atoms with E-state index >= 15 is 0 Å². The van der Waals surface area contributed by atoms with E-state index in [0.29, 0.717) is 17.9 Å². The van der Waals surface area contributed by atoms with Crippen molar-refractivity contribution in [1.29, 1.82) is 0 Å². The lowest BCUT2D eigenvalue weighted by molar-refractivity contribution is -0.311. The van der Waals surface area contributed by atoms with Gasteiger partial charge in [-0.1, -0.05) is 6.92 Å². The molecule has 0 spiro atoms.